The number of pyridine rings is 1. The first-order chi connectivity index (χ1) is 12.6. The standard InChI is InChI=1S/C18H18ClN5OS/c1-24-16(11-21-17(25)9-13-4-2-6-15(19)8-13)22-23-18(24)26-12-14-5-3-7-20-10-14/h2-8,10H,9,11-12H2,1H3,(H,21,25). The van der Waals surface area contributed by atoms with Gasteiger partial charge >= 0.3 is 0 Å². The molecule has 2 heterocycles. The SMILES string of the molecule is Cn1c(CNC(=O)Cc2cccc(Cl)c2)nnc1SCc1cccnc1. The Bertz CT molecular complexity index is 884. The lowest BCUT2D eigenvalue weighted by molar-refractivity contribution is -0.120. The molecule has 0 aliphatic heterocycles. The molecule has 0 unspecified atom stereocenters. The van der Waals surface area contributed by atoms with Crippen molar-refractivity contribution in [3.63, 3.8) is 0 Å². The van der Waals surface area contributed by atoms with Crippen LogP contribution in [-0.4, -0.2) is 25.7 Å². The Hall–Kier alpha value is -2.38. The number of benzene rings is 1. The summed E-state index contributed by atoms with van der Waals surface area (Å²) in [6.07, 6.45) is 3.86. The van der Waals surface area contributed by atoms with Crippen LogP contribution < -0.4 is 5.32 Å². The van der Waals surface area contributed by atoms with Crippen LogP contribution in [0.3, 0.4) is 0 Å². The molecule has 3 rings (SSSR count). The van der Waals surface area contributed by atoms with Crippen molar-refractivity contribution in [3.8, 4) is 0 Å². The van der Waals surface area contributed by atoms with Crippen LogP contribution in [0.4, 0.5) is 0 Å². The molecule has 0 bridgehead atoms. The van der Waals surface area contributed by atoms with E-state index < -0.39 is 0 Å². The summed E-state index contributed by atoms with van der Waals surface area (Å²) in [5, 5.41) is 12.6. The fourth-order valence-electron chi connectivity index (χ4n) is 2.33. The predicted octanol–water partition coefficient (Wildman–Crippen LogP) is 3.01. The molecule has 0 atom stereocenters. The molecular weight excluding hydrogens is 370 g/mol. The summed E-state index contributed by atoms with van der Waals surface area (Å²) in [5.41, 5.74) is 2.00. The van der Waals surface area contributed by atoms with E-state index in [1.54, 1.807) is 30.1 Å². The van der Waals surface area contributed by atoms with Crippen molar-refractivity contribution in [2.75, 3.05) is 0 Å². The van der Waals surface area contributed by atoms with E-state index in [0.717, 1.165) is 22.0 Å². The number of nitrogens with one attached hydrogen (secondary N) is 1. The van der Waals surface area contributed by atoms with Crippen LogP contribution in [0.25, 0.3) is 0 Å². The highest BCUT2D eigenvalue weighted by Crippen LogP contribution is 2.20. The van der Waals surface area contributed by atoms with Gasteiger partial charge in [0.2, 0.25) is 5.91 Å². The molecule has 2 aromatic heterocycles. The maximum atomic E-state index is 12.1. The average Bonchev–Trinajstić information content (AvgIpc) is 2.99. The second kappa shape index (κ2) is 8.82. The van der Waals surface area contributed by atoms with E-state index in [9.17, 15) is 4.79 Å². The Labute approximate surface area is 161 Å². The van der Waals surface area contributed by atoms with Crippen LogP contribution >= 0.6 is 23.4 Å². The first kappa shape index (κ1) is 18.4. The van der Waals surface area contributed by atoms with E-state index in [1.165, 1.54) is 0 Å². The molecule has 0 radical (unpaired) electrons. The largest absolute Gasteiger partial charge is 0.349 e. The lowest BCUT2D eigenvalue weighted by Crippen LogP contribution is -2.26. The lowest BCUT2D eigenvalue weighted by atomic mass is 10.1. The van der Waals surface area contributed by atoms with E-state index in [2.05, 4.69) is 20.5 Å². The highest BCUT2D eigenvalue weighted by Gasteiger charge is 2.11. The van der Waals surface area contributed by atoms with E-state index in [1.807, 2.05) is 42.1 Å². The normalized spacial score (nSPS) is 10.7. The lowest BCUT2D eigenvalue weighted by Gasteiger charge is -2.06. The third kappa shape index (κ3) is 5.06. The highest BCUT2D eigenvalue weighted by atomic mass is 35.5. The summed E-state index contributed by atoms with van der Waals surface area (Å²) in [6, 6.07) is 11.2. The number of carbonyl (C=O) groups excluding carboxylic acids is 1. The van der Waals surface area contributed by atoms with Gasteiger partial charge in [-0.25, -0.2) is 0 Å². The van der Waals surface area contributed by atoms with Gasteiger partial charge in [0.15, 0.2) is 11.0 Å². The molecule has 3 aromatic rings. The Morgan fingerprint density at radius 1 is 1.23 bits per heavy atom. The van der Waals surface area contributed by atoms with Crippen molar-refractivity contribution >= 4 is 29.3 Å². The van der Waals surface area contributed by atoms with E-state index in [4.69, 9.17) is 11.6 Å². The monoisotopic (exact) mass is 387 g/mol. The van der Waals surface area contributed by atoms with Gasteiger partial charge in [-0.2, -0.15) is 0 Å². The zero-order valence-electron chi connectivity index (χ0n) is 14.2. The summed E-state index contributed by atoms with van der Waals surface area (Å²) in [7, 11) is 1.89. The number of rotatable bonds is 7. The van der Waals surface area contributed by atoms with E-state index in [-0.39, 0.29) is 12.3 Å². The van der Waals surface area contributed by atoms with Crippen molar-refractivity contribution in [1.82, 2.24) is 25.1 Å². The van der Waals surface area contributed by atoms with Gasteiger partial charge in [-0.15, -0.1) is 10.2 Å². The number of hydrogen-bond acceptors (Lipinski definition) is 5. The third-order valence-corrected chi connectivity index (χ3v) is 5.04. The number of aromatic nitrogens is 4. The van der Waals surface area contributed by atoms with Crippen LogP contribution in [0.15, 0.2) is 53.9 Å². The summed E-state index contributed by atoms with van der Waals surface area (Å²) in [4.78, 5) is 16.2. The van der Waals surface area contributed by atoms with Crippen molar-refractivity contribution < 1.29 is 4.79 Å². The average molecular weight is 388 g/mol. The molecule has 8 heteroatoms. The molecular formula is C18H18ClN5OS. The second-order valence-electron chi connectivity index (χ2n) is 5.69. The topological polar surface area (TPSA) is 72.7 Å². The third-order valence-electron chi connectivity index (χ3n) is 3.71. The maximum Gasteiger partial charge on any atom is 0.224 e. The molecule has 26 heavy (non-hydrogen) atoms. The van der Waals surface area contributed by atoms with Gasteiger partial charge < -0.3 is 9.88 Å². The zero-order valence-corrected chi connectivity index (χ0v) is 15.8. The van der Waals surface area contributed by atoms with E-state index in [0.29, 0.717) is 17.4 Å². The number of nitrogens with zero attached hydrogens (tertiary/aromatic N) is 4. The first-order valence-corrected chi connectivity index (χ1v) is 9.39. The quantitative estimate of drug-likeness (QED) is 0.631. The first-order valence-electron chi connectivity index (χ1n) is 8.03. The van der Waals surface area contributed by atoms with Crippen molar-refractivity contribution in [3.05, 3.63) is 70.8 Å². The molecule has 0 spiro atoms. The number of thioether (sulfide) groups is 1. The number of amides is 1. The fraction of sp³-hybridized carbons (Fsp3) is 0.222. The number of halogens is 1. The van der Waals surface area contributed by atoms with Gasteiger partial charge in [0.25, 0.3) is 0 Å². The summed E-state index contributed by atoms with van der Waals surface area (Å²) in [6.45, 7) is 0.330. The van der Waals surface area contributed by atoms with Crippen molar-refractivity contribution in [1.29, 1.82) is 0 Å². The maximum absolute atomic E-state index is 12.1. The number of carbonyl (C=O) groups is 1. The Morgan fingerprint density at radius 3 is 2.85 bits per heavy atom. The van der Waals surface area contributed by atoms with Crippen molar-refractivity contribution in [2.24, 2.45) is 7.05 Å². The van der Waals surface area contributed by atoms with Gasteiger partial charge in [0, 0.05) is 30.2 Å². The van der Waals surface area contributed by atoms with E-state index >= 15 is 0 Å². The van der Waals surface area contributed by atoms with Crippen LogP contribution in [0.1, 0.15) is 17.0 Å². The van der Waals surface area contributed by atoms with Crippen LogP contribution in [0.2, 0.25) is 5.02 Å². The summed E-state index contributed by atoms with van der Waals surface area (Å²) < 4.78 is 1.89. The smallest absolute Gasteiger partial charge is 0.224 e. The molecule has 0 saturated carbocycles. The minimum atomic E-state index is -0.0835. The van der Waals surface area contributed by atoms with Crippen LogP contribution in [0, 0.1) is 0 Å². The van der Waals surface area contributed by atoms with Crippen molar-refractivity contribution in [2.45, 2.75) is 23.9 Å². The second-order valence-corrected chi connectivity index (χ2v) is 7.07. The Balaban J connectivity index is 1.52. The highest BCUT2D eigenvalue weighted by molar-refractivity contribution is 7.98. The minimum Gasteiger partial charge on any atom is -0.349 e. The summed E-state index contributed by atoms with van der Waals surface area (Å²) in [5.74, 6) is 1.39. The molecule has 0 fully saturated rings. The molecule has 1 aromatic carbocycles. The molecule has 134 valence electrons. The molecule has 6 nitrogen and oxygen atoms in total. The van der Waals surface area contributed by atoms with Gasteiger partial charge in [0.05, 0.1) is 13.0 Å². The Morgan fingerprint density at radius 2 is 2.08 bits per heavy atom. The van der Waals surface area contributed by atoms with Crippen LogP contribution in [0.5, 0.6) is 0 Å². The Kier molecular flexibility index (Phi) is 6.25. The molecule has 1 amide bonds. The fourth-order valence-corrected chi connectivity index (χ4v) is 3.41. The molecule has 0 aliphatic rings. The zero-order chi connectivity index (χ0) is 18.4. The van der Waals surface area contributed by atoms with Gasteiger partial charge in [0.1, 0.15) is 0 Å². The minimum absolute atomic E-state index is 0.0835. The number of hydrogen-bond donors (Lipinski definition) is 1. The van der Waals surface area contributed by atoms with Gasteiger partial charge in [-0.05, 0) is 29.3 Å². The van der Waals surface area contributed by atoms with Crippen LogP contribution in [-0.2, 0) is 30.6 Å². The van der Waals surface area contributed by atoms with Gasteiger partial charge in [-0.1, -0.05) is 41.6 Å². The molecule has 1 N–H and O–H groups in total. The molecule has 0 aliphatic carbocycles. The predicted molar refractivity (Wildman–Crippen MR) is 102 cm³/mol. The summed E-state index contributed by atoms with van der Waals surface area (Å²) >= 11 is 7.52. The van der Waals surface area contributed by atoms with Gasteiger partial charge in [-0.3, -0.25) is 9.78 Å². The molecule has 0 saturated heterocycles.